The van der Waals surface area contributed by atoms with Crippen LogP contribution in [0.25, 0.3) is 0 Å². The van der Waals surface area contributed by atoms with E-state index in [1.54, 1.807) is 36.4 Å². The van der Waals surface area contributed by atoms with E-state index in [1.165, 1.54) is 0 Å². The highest BCUT2D eigenvalue weighted by Crippen LogP contribution is 2.32. The Balaban J connectivity index is 0.00000233. The molecule has 0 spiro atoms. The molecule has 0 aliphatic rings. The van der Waals surface area contributed by atoms with Crippen LogP contribution >= 0.6 is 0 Å². The Morgan fingerprint density at radius 3 is 2.13 bits per heavy atom. The van der Waals surface area contributed by atoms with Crippen molar-refractivity contribution in [2.24, 2.45) is 0 Å². The van der Waals surface area contributed by atoms with Crippen LogP contribution in [0.2, 0.25) is 0 Å². The molecule has 0 radical (unpaired) electrons. The van der Waals surface area contributed by atoms with Crippen molar-refractivity contribution in [3.63, 3.8) is 0 Å². The molecule has 0 atom stereocenters. The van der Waals surface area contributed by atoms with E-state index in [4.69, 9.17) is 4.74 Å². The van der Waals surface area contributed by atoms with Gasteiger partial charge in [-0.05, 0) is 55.5 Å². The quantitative estimate of drug-likeness (QED) is 0.215. The maximum absolute atomic E-state index is 12.8. The Bertz CT molecular complexity index is 942. The number of aryl methyl sites for hydroxylation is 1. The second-order valence-corrected chi connectivity index (χ2v) is 8.12. The first-order chi connectivity index (χ1) is 14.7. The van der Waals surface area contributed by atoms with E-state index < -0.39 is 5.97 Å². The summed E-state index contributed by atoms with van der Waals surface area (Å²) in [7, 11) is 0. The average Bonchev–Trinajstić information content (AvgIpc) is 2.75. The fourth-order valence-corrected chi connectivity index (χ4v) is 3.06. The van der Waals surface area contributed by atoms with Crippen molar-refractivity contribution >= 4 is 11.8 Å². The van der Waals surface area contributed by atoms with Gasteiger partial charge in [-0.15, -0.1) is 0 Å². The van der Waals surface area contributed by atoms with E-state index in [-0.39, 0.29) is 17.6 Å². The number of carbonyl (C=O) groups is 2. The summed E-state index contributed by atoms with van der Waals surface area (Å²) in [5.74, 6) is 0.0201. The molecule has 2 aromatic carbocycles. The van der Waals surface area contributed by atoms with Crippen molar-refractivity contribution in [2.75, 3.05) is 0 Å². The summed E-state index contributed by atoms with van der Waals surface area (Å²) in [4.78, 5) is 25.5. The summed E-state index contributed by atoms with van der Waals surface area (Å²) >= 11 is 0. The molecule has 3 heteroatoms. The van der Waals surface area contributed by atoms with Gasteiger partial charge in [0.2, 0.25) is 0 Å². The van der Waals surface area contributed by atoms with Gasteiger partial charge in [-0.3, -0.25) is 4.79 Å². The molecule has 0 saturated heterocycles. The van der Waals surface area contributed by atoms with Crippen LogP contribution in [-0.2, 0) is 16.6 Å². The molecule has 0 N–H and O–H groups in total. The second kappa shape index (κ2) is 12.0. The molecule has 3 nitrogen and oxygen atoms in total. The van der Waals surface area contributed by atoms with Gasteiger partial charge in [0.25, 0.3) is 0 Å². The maximum Gasteiger partial charge on any atom is 0.343 e. The molecule has 0 amide bonds. The van der Waals surface area contributed by atoms with Gasteiger partial charge in [-0.1, -0.05) is 77.1 Å². The second-order valence-electron chi connectivity index (χ2n) is 8.12. The lowest BCUT2D eigenvalue weighted by Gasteiger charge is -2.23. The third-order valence-corrected chi connectivity index (χ3v) is 4.83. The minimum Gasteiger partial charge on any atom is -0.423 e. The van der Waals surface area contributed by atoms with Crippen LogP contribution in [-0.4, -0.2) is 11.8 Å². The van der Waals surface area contributed by atoms with Gasteiger partial charge in [-0.25, -0.2) is 4.79 Å². The minimum atomic E-state index is -0.426. The van der Waals surface area contributed by atoms with Gasteiger partial charge >= 0.3 is 5.97 Å². The number of Topliss-reactive ketones (excluding diaryl/α,β-unsaturated/α-hetero) is 1. The number of rotatable bonds is 6. The molecule has 166 valence electrons. The number of benzene rings is 2. The van der Waals surface area contributed by atoms with Gasteiger partial charge in [0, 0.05) is 17.6 Å². The number of carbonyl (C=O) groups excluding carboxylic acids is 2. The molecular weight excluding hydrogens is 384 g/mol. The number of ketones is 1. The number of allylic oxidation sites excluding steroid dienone is 4. The fraction of sp³-hybridized carbons (Fsp3) is 0.357. The summed E-state index contributed by atoms with van der Waals surface area (Å²) in [6, 6.07) is 12.9. The molecule has 0 saturated carbocycles. The van der Waals surface area contributed by atoms with E-state index in [9.17, 15) is 9.59 Å². The molecule has 0 bridgehead atoms. The SMILES string of the molecule is C/C=C\C(=C/C)C(=O)Cc1c(C)cc(C(C)(C)C)cc1OC(=O)c1ccccc1.CC. The van der Waals surface area contributed by atoms with E-state index in [0.717, 1.165) is 16.7 Å². The van der Waals surface area contributed by atoms with Crippen molar-refractivity contribution in [3.8, 4) is 5.75 Å². The zero-order valence-electron chi connectivity index (χ0n) is 20.2. The summed E-state index contributed by atoms with van der Waals surface area (Å²) in [5.41, 5.74) is 3.76. The third kappa shape index (κ3) is 7.36. The third-order valence-electron chi connectivity index (χ3n) is 4.83. The fourth-order valence-electron chi connectivity index (χ4n) is 3.06. The predicted octanol–water partition coefficient (Wildman–Crippen LogP) is 7.17. The molecule has 2 aromatic rings. The molecule has 0 aromatic heterocycles. The standard InChI is InChI=1S/C26H30O3.C2H6/c1-7-12-19(8-2)23(27)17-22-18(3)15-21(26(4,5)6)16-24(22)29-25(28)20-13-10-9-11-14-20;1-2/h7-16H,17H2,1-6H3;1-2H3/b12-7-,19-8+;. The zero-order chi connectivity index (χ0) is 23.6. The van der Waals surface area contributed by atoms with Gasteiger partial charge in [0.15, 0.2) is 5.78 Å². The molecule has 2 rings (SSSR count). The average molecular weight is 421 g/mol. The van der Waals surface area contributed by atoms with E-state index in [2.05, 4.69) is 26.8 Å². The van der Waals surface area contributed by atoms with Gasteiger partial charge in [0.1, 0.15) is 5.75 Å². The molecule has 0 unspecified atom stereocenters. The van der Waals surface area contributed by atoms with Crippen molar-refractivity contribution in [2.45, 2.75) is 67.2 Å². The molecule has 0 fully saturated rings. The van der Waals surface area contributed by atoms with Crippen molar-refractivity contribution < 1.29 is 14.3 Å². The van der Waals surface area contributed by atoms with Crippen LogP contribution in [0.1, 0.15) is 75.5 Å². The monoisotopic (exact) mass is 420 g/mol. The Morgan fingerprint density at radius 1 is 1.00 bits per heavy atom. The molecule has 0 aliphatic carbocycles. The van der Waals surface area contributed by atoms with Crippen molar-refractivity contribution in [3.05, 3.63) is 88.5 Å². The van der Waals surface area contributed by atoms with Gasteiger partial charge in [-0.2, -0.15) is 0 Å². The highest BCUT2D eigenvalue weighted by molar-refractivity contribution is 6.00. The Labute approximate surface area is 187 Å². The van der Waals surface area contributed by atoms with Crippen molar-refractivity contribution in [1.82, 2.24) is 0 Å². The van der Waals surface area contributed by atoms with E-state index in [1.807, 2.05) is 52.8 Å². The lowest BCUT2D eigenvalue weighted by Crippen LogP contribution is -2.16. The van der Waals surface area contributed by atoms with Crippen LogP contribution in [0.15, 0.2) is 66.3 Å². The molecular formula is C28H36O3. The maximum atomic E-state index is 12.8. The van der Waals surface area contributed by atoms with Crippen LogP contribution in [0.4, 0.5) is 0 Å². The normalized spacial score (nSPS) is 11.7. The largest absolute Gasteiger partial charge is 0.423 e. The molecule has 0 aliphatic heterocycles. The van der Waals surface area contributed by atoms with Gasteiger partial charge in [0.05, 0.1) is 5.56 Å². The lowest BCUT2D eigenvalue weighted by molar-refractivity contribution is -0.114. The van der Waals surface area contributed by atoms with Gasteiger partial charge < -0.3 is 4.74 Å². The number of esters is 1. The zero-order valence-corrected chi connectivity index (χ0v) is 20.2. The van der Waals surface area contributed by atoms with Crippen LogP contribution in [0, 0.1) is 6.92 Å². The number of ether oxygens (including phenoxy) is 1. The predicted molar refractivity (Wildman–Crippen MR) is 130 cm³/mol. The van der Waals surface area contributed by atoms with E-state index in [0.29, 0.717) is 16.9 Å². The van der Waals surface area contributed by atoms with E-state index >= 15 is 0 Å². The van der Waals surface area contributed by atoms with Crippen LogP contribution in [0.3, 0.4) is 0 Å². The van der Waals surface area contributed by atoms with Crippen LogP contribution < -0.4 is 4.74 Å². The highest BCUT2D eigenvalue weighted by Gasteiger charge is 2.22. The minimum absolute atomic E-state index is 0.00535. The molecule has 0 heterocycles. The first-order valence-electron chi connectivity index (χ1n) is 10.9. The summed E-state index contributed by atoms with van der Waals surface area (Å²) in [5, 5.41) is 0. The smallest absolute Gasteiger partial charge is 0.343 e. The lowest BCUT2D eigenvalue weighted by atomic mass is 9.84. The Hall–Kier alpha value is -2.94. The summed E-state index contributed by atoms with van der Waals surface area (Å²) < 4.78 is 5.79. The van der Waals surface area contributed by atoms with Crippen molar-refractivity contribution in [1.29, 1.82) is 0 Å². The van der Waals surface area contributed by atoms with Crippen LogP contribution in [0.5, 0.6) is 5.75 Å². The molecule has 31 heavy (non-hydrogen) atoms. The topological polar surface area (TPSA) is 43.4 Å². The summed E-state index contributed by atoms with van der Waals surface area (Å²) in [6.45, 7) is 16.0. The first-order valence-corrected chi connectivity index (χ1v) is 10.9. The number of hydrogen-bond donors (Lipinski definition) is 0. The first kappa shape index (κ1) is 26.1. The highest BCUT2D eigenvalue weighted by atomic mass is 16.5. The Kier molecular flexibility index (Phi) is 10.1. The summed E-state index contributed by atoms with van der Waals surface area (Å²) in [6.07, 6.45) is 5.63. The Morgan fingerprint density at radius 2 is 1.61 bits per heavy atom. The number of hydrogen-bond acceptors (Lipinski definition) is 3.